The van der Waals surface area contributed by atoms with Crippen LogP contribution in [-0.4, -0.2) is 19.3 Å². The number of ether oxygens (including phenoxy) is 1. The number of rotatable bonds is 6. The molecule has 0 radical (unpaired) electrons. The normalized spacial score (nSPS) is 18.1. The number of furan rings is 1. The summed E-state index contributed by atoms with van der Waals surface area (Å²) in [6.07, 6.45) is 12.0. The lowest BCUT2D eigenvalue weighted by Crippen LogP contribution is -2.22. The van der Waals surface area contributed by atoms with E-state index in [1.165, 1.54) is 44.1 Å². The molecule has 3 heteroatoms. The minimum absolute atomic E-state index is 0.508. The van der Waals surface area contributed by atoms with Crippen molar-refractivity contribution in [2.45, 2.75) is 51.2 Å². The van der Waals surface area contributed by atoms with Gasteiger partial charge in [0.1, 0.15) is 0 Å². The molecule has 0 aromatic carbocycles. The second-order valence-electron chi connectivity index (χ2n) is 4.79. The van der Waals surface area contributed by atoms with Crippen molar-refractivity contribution >= 4 is 0 Å². The fraction of sp³-hybridized carbons (Fsp3) is 0.714. The third-order valence-corrected chi connectivity index (χ3v) is 3.34. The SMILES string of the molecule is c1cc(CNCCOC2CCCCCC2)co1. The molecule has 1 aromatic rings. The number of nitrogens with one attached hydrogen (secondary N) is 1. The average Bonchev–Trinajstić information content (AvgIpc) is 2.72. The summed E-state index contributed by atoms with van der Waals surface area (Å²) >= 11 is 0. The number of hydrogen-bond acceptors (Lipinski definition) is 3. The highest BCUT2D eigenvalue weighted by atomic mass is 16.5. The van der Waals surface area contributed by atoms with Gasteiger partial charge in [0.2, 0.25) is 0 Å². The molecule has 0 bridgehead atoms. The van der Waals surface area contributed by atoms with Crippen LogP contribution in [0.15, 0.2) is 23.0 Å². The smallest absolute Gasteiger partial charge is 0.0947 e. The molecule has 0 spiro atoms. The lowest BCUT2D eigenvalue weighted by atomic mass is 10.1. The van der Waals surface area contributed by atoms with E-state index in [1.807, 2.05) is 6.07 Å². The monoisotopic (exact) mass is 237 g/mol. The zero-order chi connectivity index (χ0) is 11.8. The minimum Gasteiger partial charge on any atom is -0.472 e. The molecule has 0 amide bonds. The number of hydrogen-bond donors (Lipinski definition) is 1. The van der Waals surface area contributed by atoms with Gasteiger partial charge in [-0.25, -0.2) is 0 Å². The van der Waals surface area contributed by atoms with Crippen LogP contribution in [0, 0.1) is 0 Å². The van der Waals surface area contributed by atoms with Crippen molar-refractivity contribution in [1.82, 2.24) is 5.32 Å². The van der Waals surface area contributed by atoms with E-state index < -0.39 is 0 Å². The molecule has 1 N–H and O–H groups in total. The van der Waals surface area contributed by atoms with E-state index in [4.69, 9.17) is 9.15 Å². The van der Waals surface area contributed by atoms with Gasteiger partial charge in [0.25, 0.3) is 0 Å². The van der Waals surface area contributed by atoms with Crippen molar-refractivity contribution < 1.29 is 9.15 Å². The Morgan fingerprint density at radius 3 is 2.76 bits per heavy atom. The molecule has 96 valence electrons. The first-order valence-corrected chi connectivity index (χ1v) is 6.78. The van der Waals surface area contributed by atoms with Crippen LogP contribution < -0.4 is 5.32 Å². The maximum atomic E-state index is 5.90. The van der Waals surface area contributed by atoms with Gasteiger partial charge in [-0.3, -0.25) is 0 Å². The van der Waals surface area contributed by atoms with Gasteiger partial charge in [-0.1, -0.05) is 25.7 Å². The second kappa shape index (κ2) is 7.51. The van der Waals surface area contributed by atoms with Gasteiger partial charge >= 0.3 is 0 Å². The van der Waals surface area contributed by atoms with Crippen LogP contribution in [0.25, 0.3) is 0 Å². The highest BCUT2D eigenvalue weighted by Gasteiger charge is 2.11. The van der Waals surface area contributed by atoms with Crippen molar-refractivity contribution in [2.24, 2.45) is 0 Å². The van der Waals surface area contributed by atoms with Crippen molar-refractivity contribution in [3.8, 4) is 0 Å². The third kappa shape index (κ3) is 4.92. The maximum absolute atomic E-state index is 5.90. The van der Waals surface area contributed by atoms with E-state index in [2.05, 4.69) is 5.32 Å². The molecule has 1 fully saturated rings. The maximum Gasteiger partial charge on any atom is 0.0947 e. The Bertz CT molecular complexity index is 276. The van der Waals surface area contributed by atoms with E-state index in [0.717, 1.165) is 19.7 Å². The van der Waals surface area contributed by atoms with E-state index in [-0.39, 0.29) is 0 Å². The van der Waals surface area contributed by atoms with Gasteiger partial charge in [-0.05, 0) is 18.9 Å². The van der Waals surface area contributed by atoms with Crippen LogP contribution in [-0.2, 0) is 11.3 Å². The lowest BCUT2D eigenvalue weighted by molar-refractivity contribution is 0.0450. The predicted octanol–water partition coefficient (Wildman–Crippen LogP) is 3.11. The molecule has 17 heavy (non-hydrogen) atoms. The zero-order valence-corrected chi connectivity index (χ0v) is 10.5. The van der Waals surface area contributed by atoms with Crippen molar-refractivity contribution in [3.05, 3.63) is 24.2 Å². The van der Waals surface area contributed by atoms with Gasteiger partial charge in [-0.2, -0.15) is 0 Å². The fourth-order valence-electron chi connectivity index (χ4n) is 2.33. The van der Waals surface area contributed by atoms with Gasteiger partial charge in [-0.15, -0.1) is 0 Å². The highest BCUT2D eigenvalue weighted by Crippen LogP contribution is 2.19. The highest BCUT2D eigenvalue weighted by molar-refractivity contribution is 5.04. The molecule has 0 saturated heterocycles. The fourth-order valence-corrected chi connectivity index (χ4v) is 2.33. The summed E-state index contributed by atoms with van der Waals surface area (Å²) in [5.74, 6) is 0. The summed E-state index contributed by atoms with van der Waals surface area (Å²) in [7, 11) is 0. The summed E-state index contributed by atoms with van der Waals surface area (Å²) in [5, 5.41) is 3.36. The van der Waals surface area contributed by atoms with E-state index in [1.54, 1.807) is 12.5 Å². The average molecular weight is 237 g/mol. The van der Waals surface area contributed by atoms with Crippen molar-refractivity contribution in [2.75, 3.05) is 13.2 Å². The molecule has 0 atom stereocenters. The van der Waals surface area contributed by atoms with E-state index >= 15 is 0 Å². The Morgan fingerprint density at radius 2 is 2.06 bits per heavy atom. The van der Waals surface area contributed by atoms with Gasteiger partial charge in [0, 0.05) is 18.7 Å². The van der Waals surface area contributed by atoms with Crippen LogP contribution in [0.4, 0.5) is 0 Å². The second-order valence-corrected chi connectivity index (χ2v) is 4.79. The molecular formula is C14H23NO2. The van der Waals surface area contributed by atoms with Crippen LogP contribution in [0.3, 0.4) is 0 Å². The summed E-state index contributed by atoms with van der Waals surface area (Å²) in [6, 6.07) is 1.99. The largest absolute Gasteiger partial charge is 0.472 e. The third-order valence-electron chi connectivity index (χ3n) is 3.34. The molecule has 0 unspecified atom stereocenters. The summed E-state index contributed by atoms with van der Waals surface area (Å²) in [6.45, 7) is 2.61. The van der Waals surface area contributed by atoms with Crippen LogP contribution >= 0.6 is 0 Å². The van der Waals surface area contributed by atoms with Crippen molar-refractivity contribution in [3.63, 3.8) is 0 Å². The molecule has 2 rings (SSSR count). The Kier molecular flexibility index (Phi) is 5.59. The molecule has 1 aromatic heterocycles. The Balaban J connectivity index is 1.50. The predicted molar refractivity (Wildman–Crippen MR) is 67.9 cm³/mol. The Labute approximate surface area is 104 Å². The molecule has 1 saturated carbocycles. The summed E-state index contributed by atoms with van der Waals surface area (Å²) in [4.78, 5) is 0. The van der Waals surface area contributed by atoms with E-state index in [9.17, 15) is 0 Å². The molecule has 0 aliphatic heterocycles. The summed E-state index contributed by atoms with van der Waals surface area (Å²) in [5.41, 5.74) is 1.19. The Hall–Kier alpha value is -0.800. The zero-order valence-electron chi connectivity index (χ0n) is 10.5. The first kappa shape index (κ1) is 12.7. The topological polar surface area (TPSA) is 34.4 Å². The van der Waals surface area contributed by atoms with Crippen LogP contribution in [0.2, 0.25) is 0 Å². The molecule has 1 aliphatic rings. The standard InChI is InChI=1S/C14H23NO2/c1-2-4-6-14(5-3-1)17-10-8-15-11-13-7-9-16-12-13/h7,9,12,14-15H,1-6,8,10-11H2. The van der Waals surface area contributed by atoms with Crippen molar-refractivity contribution in [1.29, 1.82) is 0 Å². The van der Waals surface area contributed by atoms with Crippen LogP contribution in [0.1, 0.15) is 44.1 Å². The lowest BCUT2D eigenvalue weighted by Gasteiger charge is -2.15. The molecular weight excluding hydrogens is 214 g/mol. The summed E-state index contributed by atoms with van der Waals surface area (Å²) < 4.78 is 10.9. The van der Waals surface area contributed by atoms with Crippen LogP contribution in [0.5, 0.6) is 0 Å². The molecule has 3 nitrogen and oxygen atoms in total. The van der Waals surface area contributed by atoms with Gasteiger partial charge in [0.15, 0.2) is 0 Å². The van der Waals surface area contributed by atoms with Gasteiger partial charge < -0.3 is 14.5 Å². The first-order chi connectivity index (χ1) is 8.45. The first-order valence-electron chi connectivity index (χ1n) is 6.78. The molecule has 1 heterocycles. The van der Waals surface area contributed by atoms with E-state index in [0.29, 0.717) is 6.10 Å². The molecule has 1 aliphatic carbocycles. The Morgan fingerprint density at radius 1 is 1.24 bits per heavy atom. The quantitative estimate of drug-likeness (QED) is 0.610. The minimum atomic E-state index is 0.508. The van der Waals surface area contributed by atoms with Gasteiger partial charge in [0.05, 0.1) is 25.2 Å².